The Morgan fingerprint density at radius 1 is 1.19 bits per heavy atom. The Morgan fingerprint density at radius 2 is 2.00 bits per heavy atom. The molecule has 0 spiro atoms. The number of benzene rings is 2. The average Bonchev–Trinajstić information content (AvgIpc) is 3.24. The van der Waals surface area contributed by atoms with Gasteiger partial charge in [-0.2, -0.15) is 0 Å². The Morgan fingerprint density at radius 3 is 2.74 bits per heavy atom. The van der Waals surface area contributed by atoms with Gasteiger partial charge < -0.3 is 24.8 Å². The topological polar surface area (TPSA) is 68.8 Å². The zero-order valence-corrected chi connectivity index (χ0v) is 15.6. The highest BCUT2D eigenvalue weighted by atomic mass is 16.5. The fourth-order valence-electron chi connectivity index (χ4n) is 2.88. The molecule has 2 aromatic rings. The smallest absolute Gasteiger partial charge is 0.239 e. The average molecular weight is 370 g/mol. The van der Waals surface area contributed by atoms with Gasteiger partial charge in [0.1, 0.15) is 18.1 Å². The van der Waals surface area contributed by atoms with Crippen molar-refractivity contribution < 1.29 is 19.0 Å². The summed E-state index contributed by atoms with van der Waals surface area (Å²) in [4.78, 5) is 12.1. The number of methoxy groups -OCH3 is 1. The molecule has 6 nitrogen and oxygen atoms in total. The third kappa shape index (κ3) is 5.89. The van der Waals surface area contributed by atoms with Gasteiger partial charge in [0, 0.05) is 13.2 Å². The molecule has 1 aliphatic rings. The summed E-state index contributed by atoms with van der Waals surface area (Å²) in [7, 11) is 1.63. The summed E-state index contributed by atoms with van der Waals surface area (Å²) >= 11 is 0. The molecule has 2 aromatic carbocycles. The number of nitrogens with one attached hydrogen (secondary N) is 2. The summed E-state index contributed by atoms with van der Waals surface area (Å²) in [6.45, 7) is 1.99. The number of carbonyl (C=O) groups excluding carboxylic acids is 1. The number of hydrogen-bond donors (Lipinski definition) is 2. The van der Waals surface area contributed by atoms with Crippen LogP contribution in [-0.4, -0.2) is 38.9 Å². The summed E-state index contributed by atoms with van der Waals surface area (Å²) in [5, 5.41) is 6.04. The molecule has 1 aliphatic heterocycles. The number of rotatable bonds is 9. The van der Waals surface area contributed by atoms with Crippen molar-refractivity contribution in [3.8, 4) is 11.5 Å². The second-order valence-corrected chi connectivity index (χ2v) is 6.42. The molecule has 3 rings (SSSR count). The van der Waals surface area contributed by atoms with Gasteiger partial charge in [0.2, 0.25) is 5.91 Å². The minimum Gasteiger partial charge on any atom is -0.497 e. The van der Waals surface area contributed by atoms with Gasteiger partial charge in [-0.15, -0.1) is 0 Å². The Bertz CT molecular complexity index is 727. The van der Waals surface area contributed by atoms with E-state index < -0.39 is 0 Å². The zero-order chi connectivity index (χ0) is 18.9. The molecule has 6 heteroatoms. The van der Waals surface area contributed by atoms with Crippen molar-refractivity contribution in [2.24, 2.45) is 0 Å². The number of hydrogen-bond acceptors (Lipinski definition) is 5. The number of carbonyl (C=O) groups is 1. The largest absolute Gasteiger partial charge is 0.497 e. The van der Waals surface area contributed by atoms with Crippen LogP contribution in [-0.2, 0) is 16.1 Å². The van der Waals surface area contributed by atoms with Crippen LogP contribution in [0.15, 0.2) is 48.5 Å². The quantitative estimate of drug-likeness (QED) is 0.710. The lowest BCUT2D eigenvalue weighted by molar-refractivity contribution is -0.119. The van der Waals surface area contributed by atoms with E-state index in [0.717, 1.165) is 42.2 Å². The fraction of sp³-hybridized carbons (Fsp3) is 0.381. The molecule has 1 fully saturated rings. The lowest BCUT2D eigenvalue weighted by atomic mass is 10.2. The second kappa shape index (κ2) is 9.83. The lowest BCUT2D eigenvalue weighted by Gasteiger charge is -2.15. The summed E-state index contributed by atoms with van der Waals surface area (Å²) in [5.41, 5.74) is 1.82. The van der Waals surface area contributed by atoms with Crippen molar-refractivity contribution in [1.29, 1.82) is 0 Å². The first-order valence-electron chi connectivity index (χ1n) is 9.21. The molecule has 2 N–H and O–H groups in total. The van der Waals surface area contributed by atoms with E-state index in [9.17, 15) is 4.79 Å². The highest BCUT2D eigenvalue weighted by molar-refractivity contribution is 5.81. The third-order valence-electron chi connectivity index (χ3n) is 4.42. The first kappa shape index (κ1) is 19.0. The van der Waals surface area contributed by atoms with Gasteiger partial charge in [-0.05, 0) is 42.7 Å². The van der Waals surface area contributed by atoms with Gasteiger partial charge in [0.15, 0.2) is 0 Å². The van der Waals surface area contributed by atoms with Crippen molar-refractivity contribution >= 4 is 11.6 Å². The summed E-state index contributed by atoms with van der Waals surface area (Å²) in [5.74, 6) is 1.45. The number of para-hydroxylation sites is 2. The van der Waals surface area contributed by atoms with E-state index in [2.05, 4.69) is 10.6 Å². The molecule has 0 aliphatic carbocycles. The molecule has 0 saturated carbocycles. The highest BCUT2D eigenvalue weighted by Crippen LogP contribution is 2.24. The molecule has 1 saturated heterocycles. The van der Waals surface area contributed by atoms with E-state index in [1.54, 1.807) is 7.11 Å². The van der Waals surface area contributed by atoms with Crippen LogP contribution in [0, 0.1) is 0 Å². The molecule has 27 heavy (non-hydrogen) atoms. The maximum atomic E-state index is 12.1. The molecule has 0 radical (unpaired) electrons. The maximum Gasteiger partial charge on any atom is 0.239 e. The minimum absolute atomic E-state index is 0.0836. The lowest BCUT2D eigenvalue weighted by Crippen LogP contribution is -2.29. The number of anilines is 1. The predicted molar refractivity (Wildman–Crippen MR) is 104 cm³/mol. The molecule has 144 valence electrons. The fourth-order valence-corrected chi connectivity index (χ4v) is 2.88. The van der Waals surface area contributed by atoms with Crippen LogP contribution >= 0.6 is 0 Å². The van der Waals surface area contributed by atoms with Crippen LogP contribution < -0.4 is 20.1 Å². The molecule has 1 unspecified atom stereocenters. The zero-order valence-electron chi connectivity index (χ0n) is 15.6. The standard InChI is InChI=1S/C21H26N2O4/c1-25-17-10-8-16(9-11-17)13-23-21(24)14-22-19-6-2-3-7-20(19)27-15-18-5-4-12-26-18/h2-3,6-11,18,22H,4-5,12-15H2,1H3,(H,23,24). The van der Waals surface area contributed by atoms with Crippen LogP contribution in [0.4, 0.5) is 5.69 Å². The first-order chi connectivity index (χ1) is 13.2. The molecule has 0 bridgehead atoms. The first-order valence-corrected chi connectivity index (χ1v) is 9.21. The Hall–Kier alpha value is -2.73. The van der Waals surface area contributed by atoms with Gasteiger partial charge in [-0.25, -0.2) is 0 Å². The van der Waals surface area contributed by atoms with E-state index in [1.165, 1.54) is 0 Å². The van der Waals surface area contributed by atoms with E-state index in [0.29, 0.717) is 13.2 Å². The molecular formula is C21H26N2O4. The van der Waals surface area contributed by atoms with Crippen molar-refractivity contribution in [2.75, 3.05) is 32.2 Å². The van der Waals surface area contributed by atoms with Gasteiger partial charge in [-0.1, -0.05) is 24.3 Å². The second-order valence-electron chi connectivity index (χ2n) is 6.42. The van der Waals surface area contributed by atoms with Crippen molar-refractivity contribution in [1.82, 2.24) is 5.32 Å². The van der Waals surface area contributed by atoms with Crippen LogP contribution in [0.25, 0.3) is 0 Å². The number of amides is 1. The summed E-state index contributed by atoms with van der Waals surface area (Å²) < 4.78 is 16.6. The van der Waals surface area contributed by atoms with E-state index in [1.807, 2.05) is 48.5 Å². The molecular weight excluding hydrogens is 344 g/mol. The van der Waals surface area contributed by atoms with Gasteiger partial charge in [0.25, 0.3) is 0 Å². The third-order valence-corrected chi connectivity index (χ3v) is 4.42. The van der Waals surface area contributed by atoms with Crippen LogP contribution in [0.3, 0.4) is 0 Å². The monoisotopic (exact) mass is 370 g/mol. The van der Waals surface area contributed by atoms with Gasteiger partial charge in [-0.3, -0.25) is 4.79 Å². The highest BCUT2D eigenvalue weighted by Gasteiger charge is 2.16. The van der Waals surface area contributed by atoms with Crippen LogP contribution in [0.5, 0.6) is 11.5 Å². The Kier molecular flexibility index (Phi) is 6.93. The van der Waals surface area contributed by atoms with Crippen LogP contribution in [0.2, 0.25) is 0 Å². The summed E-state index contributed by atoms with van der Waals surface area (Å²) in [6.07, 6.45) is 2.27. The predicted octanol–water partition coefficient (Wildman–Crippen LogP) is 2.98. The normalized spacial score (nSPS) is 16.0. The Balaban J connectivity index is 1.45. The molecule has 1 heterocycles. The van der Waals surface area contributed by atoms with E-state index in [-0.39, 0.29) is 18.6 Å². The molecule has 1 amide bonds. The number of ether oxygens (including phenoxy) is 3. The van der Waals surface area contributed by atoms with Gasteiger partial charge >= 0.3 is 0 Å². The van der Waals surface area contributed by atoms with Gasteiger partial charge in [0.05, 0.1) is 25.4 Å². The van der Waals surface area contributed by atoms with Crippen molar-refractivity contribution in [3.63, 3.8) is 0 Å². The van der Waals surface area contributed by atoms with E-state index in [4.69, 9.17) is 14.2 Å². The van der Waals surface area contributed by atoms with Crippen molar-refractivity contribution in [2.45, 2.75) is 25.5 Å². The van der Waals surface area contributed by atoms with Crippen molar-refractivity contribution in [3.05, 3.63) is 54.1 Å². The molecule has 1 atom stereocenters. The maximum absolute atomic E-state index is 12.1. The molecule has 0 aromatic heterocycles. The van der Waals surface area contributed by atoms with E-state index >= 15 is 0 Å². The SMILES string of the molecule is COc1ccc(CNC(=O)CNc2ccccc2OCC2CCCO2)cc1. The summed E-state index contributed by atoms with van der Waals surface area (Å²) in [6, 6.07) is 15.2. The Labute approximate surface area is 159 Å². The minimum atomic E-state index is -0.0836. The van der Waals surface area contributed by atoms with Crippen LogP contribution in [0.1, 0.15) is 18.4 Å².